The molecule has 2 rings (SSSR count). The molecule has 0 saturated carbocycles. The number of rotatable bonds is 7. The van der Waals surface area contributed by atoms with Crippen molar-refractivity contribution in [2.24, 2.45) is 5.92 Å². The highest BCUT2D eigenvalue weighted by molar-refractivity contribution is 8.00. The summed E-state index contributed by atoms with van der Waals surface area (Å²) >= 11 is 4.02. The first-order valence-electron chi connectivity index (χ1n) is 8.19. The molecule has 3 nitrogen and oxygen atoms in total. The van der Waals surface area contributed by atoms with Gasteiger partial charge in [-0.1, -0.05) is 27.7 Å². The van der Waals surface area contributed by atoms with Crippen molar-refractivity contribution < 1.29 is 0 Å². The Bertz CT molecular complexity index is 431. The summed E-state index contributed by atoms with van der Waals surface area (Å²) in [5.74, 6) is 1.94. The Labute approximate surface area is 137 Å². The molecule has 1 atom stereocenters. The van der Waals surface area contributed by atoms with Crippen molar-refractivity contribution >= 4 is 28.2 Å². The van der Waals surface area contributed by atoms with Gasteiger partial charge in [-0.05, 0) is 25.3 Å². The van der Waals surface area contributed by atoms with Gasteiger partial charge in [0.25, 0.3) is 0 Å². The van der Waals surface area contributed by atoms with Gasteiger partial charge in [-0.25, -0.2) is 4.98 Å². The van der Waals surface area contributed by atoms with Crippen molar-refractivity contribution in [2.45, 2.75) is 52.3 Å². The Kier molecular flexibility index (Phi) is 6.83. The van der Waals surface area contributed by atoms with E-state index in [4.69, 9.17) is 4.98 Å². The van der Waals surface area contributed by atoms with E-state index in [1.807, 2.05) is 11.3 Å². The second kappa shape index (κ2) is 8.39. The summed E-state index contributed by atoms with van der Waals surface area (Å²) in [6.07, 6.45) is 2.30. The van der Waals surface area contributed by atoms with E-state index in [0.29, 0.717) is 5.92 Å². The van der Waals surface area contributed by atoms with Gasteiger partial charge >= 0.3 is 0 Å². The molecule has 1 aromatic rings. The molecule has 0 radical (unpaired) electrons. The summed E-state index contributed by atoms with van der Waals surface area (Å²) in [6, 6.07) is 0. The fourth-order valence-corrected chi connectivity index (χ4v) is 4.87. The number of nitrogens with one attached hydrogen (secondary N) is 1. The van der Waals surface area contributed by atoms with Crippen LogP contribution in [0.2, 0.25) is 0 Å². The highest BCUT2D eigenvalue weighted by Gasteiger charge is 2.22. The van der Waals surface area contributed by atoms with E-state index in [1.54, 1.807) is 0 Å². The Morgan fingerprint density at radius 2 is 2.19 bits per heavy atom. The molecule has 21 heavy (non-hydrogen) atoms. The van der Waals surface area contributed by atoms with E-state index in [9.17, 15) is 0 Å². The maximum absolute atomic E-state index is 4.91. The molecular formula is C16H29N3S2. The van der Waals surface area contributed by atoms with Gasteiger partial charge in [0.05, 0.1) is 5.69 Å². The zero-order chi connectivity index (χ0) is 15.2. The van der Waals surface area contributed by atoms with Crippen molar-refractivity contribution in [3.63, 3.8) is 0 Å². The highest BCUT2D eigenvalue weighted by Crippen LogP contribution is 2.31. The van der Waals surface area contributed by atoms with Gasteiger partial charge in [0.15, 0.2) is 5.13 Å². The predicted molar refractivity (Wildman–Crippen MR) is 96.8 cm³/mol. The Balaban J connectivity index is 2.01. The number of thioether (sulfide) groups is 1. The van der Waals surface area contributed by atoms with Crippen molar-refractivity contribution in [1.29, 1.82) is 0 Å². The van der Waals surface area contributed by atoms with Crippen LogP contribution in [0.4, 0.5) is 5.13 Å². The van der Waals surface area contributed by atoms with Crippen molar-refractivity contribution in [1.82, 2.24) is 10.3 Å². The maximum Gasteiger partial charge on any atom is 0.185 e. The summed E-state index contributed by atoms with van der Waals surface area (Å²) in [5.41, 5.74) is 1.29. The predicted octanol–water partition coefficient (Wildman–Crippen LogP) is 3.78. The number of aromatic nitrogens is 1. The molecular weight excluding hydrogens is 298 g/mol. The monoisotopic (exact) mass is 327 g/mol. The molecule has 120 valence electrons. The van der Waals surface area contributed by atoms with E-state index >= 15 is 0 Å². The number of aryl methyl sites for hydroxylation is 1. The first kappa shape index (κ1) is 17.1. The summed E-state index contributed by atoms with van der Waals surface area (Å²) in [6.45, 7) is 13.4. The van der Waals surface area contributed by atoms with Gasteiger partial charge in [0.2, 0.25) is 0 Å². The SMILES string of the molecule is CCc1nc(N2CCSC(CC)C2)sc1CNCC(C)C. The van der Waals surface area contributed by atoms with Gasteiger partial charge in [-0.3, -0.25) is 0 Å². The third-order valence-electron chi connectivity index (χ3n) is 3.80. The first-order valence-corrected chi connectivity index (χ1v) is 10.1. The van der Waals surface area contributed by atoms with Crippen molar-refractivity contribution in [3.8, 4) is 0 Å². The summed E-state index contributed by atoms with van der Waals surface area (Å²) < 4.78 is 0. The Hall–Kier alpha value is -0.260. The molecule has 1 N–H and O–H groups in total. The molecule has 1 aromatic heterocycles. The molecule has 1 fully saturated rings. The summed E-state index contributed by atoms with van der Waals surface area (Å²) in [5, 5.41) is 5.58. The van der Waals surface area contributed by atoms with Crippen LogP contribution in [0.1, 0.15) is 44.7 Å². The number of anilines is 1. The number of nitrogens with zero attached hydrogens (tertiary/aromatic N) is 2. The van der Waals surface area contributed by atoms with Crippen LogP contribution in [0.25, 0.3) is 0 Å². The minimum atomic E-state index is 0.701. The number of thiazole rings is 1. The van der Waals surface area contributed by atoms with Crippen LogP contribution in [0.5, 0.6) is 0 Å². The third-order valence-corrected chi connectivity index (χ3v) is 6.34. The molecule has 1 unspecified atom stereocenters. The van der Waals surface area contributed by atoms with Crippen LogP contribution >= 0.6 is 23.1 Å². The average Bonchev–Trinajstić information content (AvgIpc) is 2.90. The quantitative estimate of drug-likeness (QED) is 0.825. The average molecular weight is 328 g/mol. The van der Waals surface area contributed by atoms with Crippen LogP contribution in [0.3, 0.4) is 0 Å². The number of hydrogen-bond acceptors (Lipinski definition) is 5. The molecule has 2 heterocycles. The van der Waals surface area contributed by atoms with Crippen LogP contribution in [0.15, 0.2) is 0 Å². The van der Waals surface area contributed by atoms with Gasteiger partial charge in [0.1, 0.15) is 0 Å². The molecule has 1 aliphatic heterocycles. The van der Waals surface area contributed by atoms with Crippen LogP contribution < -0.4 is 10.2 Å². The first-order chi connectivity index (χ1) is 10.1. The fourth-order valence-electron chi connectivity index (χ4n) is 2.53. The second-order valence-electron chi connectivity index (χ2n) is 6.09. The van der Waals surface area contributed by atoms with Crippen LogP contribution in [-0.2, 0) is 13.0 Å². The minimum absolute atomic E-state index is 0.701. The molecule has 0 aliphatic carbocycles. The molecule has 0 amide bonds. The minimum Gasteiger partial charge on any atom is -0.346 e. The molecule has 5 heteroatoms. The van der Waals surface area contributed by atoms with E-state index in [0.717, 1.165) is 37.8 Å². The van der Waals surface area contributed by atoms with Crippen LogP contribution in [0, 0.1) is 5.92 Å². The normalized spacial score (nSPS) is 19.5. The van der Waals surface area contributed by atoms with Crippen LogP contribution in [-0.4, -0.2) is 35.6 Å². The lowest BCUT2D eigenvalue weighted by Crippen LogP contribution is -2.37. The smallest absolute Gasteiger partial charge is 0.185 e. The lowest BCUT2D eigenvalue weighted by Gasteiger charge is -2.31. The molecule has 0 bridgehead atoms. The lowest BCUT2D eigenvalue weighted by atomic mass is 10.2. The van der Waals surface area contributed by atoms with E-state index in [2.05, 4.69) is 49.7 Å². The zero-order valence-corrected chi connectivity index (χ0v) is 15.4. The van der Waals surface area contributed by atoms with Crippen molar-refractivity contribution in [2.75, 3.05) is 30.3 Å². The largest absolute Gasteiger partial charge is 0.346 e. The van der Waals surface area contributed by atoms with E-state index < -0.39 is 0 Å². The zero-order valence-electron chi connectivity index (χ0n) is 13.8. The third kappa shape index (κ3) is 4.86. The maximum atomic E-state index is 4.91. The fraction of sp³-hybridized carbons (Fsp3) is 0.812. The molecule has 1 aliphatic rings. The van der Waals surface area contributed by atoms with Gasteiger partial charge in [0, 0.05) is 35.5 Å². The Morgan fingerprint density at radius 1 is 1.38 bits per heavy atom. The molecule has 0 spiro atoms. The van der Waals surface area contributed by atoms with E-state index in [-0.39, 0.29) is 0 Å². The summed E-state index contributed by atoms with van der Waals surface area (Å²) in [4.78, 5) is 8.84. The van der Waals surface area contributed by atoms with Gasteiger partial charge < -0.3 is 10.2 Å². The molecule has 1 saturated heterocycles. The van der Waals surface area contributed by atoms with Gasteiger partial charge in [-0.15, -0.1) is 11.3 Å². The summed E-state index contributed by atoms with van der Waals surface area (Å²) in [7, 11) is 0. The van der Waals surface area contributed by atoms with Gasteiger partial charge in [-0.2, -0.15) is 11.8 Å². The Morgan fingerprint density at radius 3 is 2.86 bits per heavy atom. The molecule has 0 aromatic carbocycles. The lowest BCUT2D eigenvalue weighted by molar-refractivity contribution is 0.553. The second-order valence-corrected chi connectivity index (χ2v) is 8.56. The number of hydrogen-bond donors (Lipinski definition) is 1. The standard InChI is InChI=1S/C16H29N3S2/c1-5-13-11-19(7-8-20-13)16-18-14(6-2)15(21-16)10-17-9-12(3)4/h12-13,17H,5-11H2,1-4H3. The van der Waals surface area contributed by atoms with Crippen molar-refractivity contribution in [3.05, 3.63) is 10.6 Å². The van der Waals surface area contributed by atoms with E-state index in [1.165, 1.54) is 27.9 Å². The highest BCUT2D eigenvalue weighted by atomic mass is 32.2. The topological polar surface area (TPSA) is 28.2 Å².